The molecule has 1 fully saturated rings. The zero-order valence-corrected chi connectivity index (χ0v) is 19.6. The Labute approximate surface area is 208 Å². The maximum atomic E-state index is 12.9. The summed E-state index contributed by atoms with van der Waals surface area (Å²) in [5.74, 6) is -1.06. The molecule has 2 aromatic carbocycles. The molecular weight excluding hydrogens is 493 g/mol. The molecule has 36 heavy (non-hydrogen) atoms. The molecule has 1 aliphatic rings. The molecule has 0 amide bonds. The number of aromatic nitrogens is 3. The van der Waals surface area contributed by atoms with E-state index in [0.717, 1.165) is 40.3 Å². The lowest BCUT2D eigenvalue weighted by atomic mass is 9.87. The van der Waals surface area contributed by atoms with Crippen LogP contribution in [0.15, 0.2) is 54.9 Å². The van der Waals surface area contributed by atoms with Gasteiger partial charge in [-0.3, -0.25) is 4.79 Å². The summed E-state index contributed by atoms with van der Waals surface area (Å²) in [7, 11) is 0. The number of fused-ring (bicyclic) bond motifs is 1. The maximum absolute atomic E-state index is 12.9. The second-order valence-electron chi connectivity index (χ2n) is 8.59. The van der Waals surface area contributed by atoms with E-state index in [2.05, 4.69) is 20.3 Å². The number of benzene rings is 2. The Kier molecular flexibility index (Phi) is 6.48. The van der Waals surface area contributed by atoms with Crippen molar-refractivity contribution in [1.82, 2.24) is 15.0 Å². The number of carboxylic acids is 1. The van der Waals surface area contributed by atoms with Gasteiger partial charge >= 0.3 is 18.2 Å². The van der Waals surface area contributed by atoms with E-state index in [1.54, 1.807) is 12.4 Å². The Hall–Kier alpha value is -3.73. The van der Waals surface area contributed by atoms with Crippen molar-refractivity contribution in [3.8, 4) is 17.1 Å². The molecule has 2 aromatic heterocycles. The van der Waals surface area contributed by atoms with Crippen molar-refractivity contribution in [1.29, 1.82) is 0 Å². The standard InChI is InChI=1S/C25H21F3N4O3S/c26-25(27,28)17-5-10-20-21(11-17)36-24(32-20)31-18-6-1-14(2-7-18)16-12-29-23(30-13-16)35-19-8-3-15(4-9-19)22(33)34/h1-2,5-7,10-13,15,19H,3-4,8-9H2,(H,31,32)(H,33,34)/t15-,19+. The molecular formula is C25H21F3N4O3S. The summed E-state index contributed by atoms with van der Waals surface area (Å²) in [5, 5.41) is 12.7. The number of thiazole rings is 1. The summed E-state index contributed by atoms with van der Waals surface area (Å²) in [6.07, 6.45) is 1.35. The molecule has 7 nitrogen and oxygen atoms in total. The molecule has 0 saturated heterocycles. The fourth-order valence-corrected chi connectivity index (χ4v) is 5.05. The van der Waals surface area contributed by atoms with E-state index in [4.69, 9.17) is 9.84 Å². The molecule has 0 spiro atoms. The third-order valence-electron chi connectivity index (χ3n) is 6.11. The van der Waals surface area contributed by atoms with Gasteiger partial charge in [0.05, 0.1) is 21.7 Å². The van der Waals surface area contributed by atoms with E-state index >= 15 is 0 Å². The predicted molar refractivity (Wildman–Crippen MR) is 129 cm³/mol. The smallest absolute Gasteiger partial charge is 0.416 e. The number of halogens is 3. The normalized spacial score (nSPS) is 18.2. The van der Waals surface area contributed by atoms with Gasteiger partial charge in [0.2, 0.25) is 0 Å². The summed E-state index contributed by atoms with van der Waals surface area (Å²) in [4.78, 5) is 24.0. The molecule has 186 valence electrons. The highest BCUT2D eigenvalue weighted by atomic mass is 32.1. The van der Waals surface area contributed by atoms with Gasteiger partial charge in [-0.15, -0.1) is 0 Å². The molecule has 0 radical (unpaired) electrons. The monoisotopic (exact) mass is 514 g/mol. The number of hydrogen-bond donors (Lipinski definition) is 2. The fourth-order valence-electron chi connectivity index (χ4n) is 4.13. The van der Waals surface area contributed by atoms with Crippen LogP contribution in [0.4, 0.5) is 24.0 Å². The van der Waals surface area contributed by atoms with Crippen LogP contribution in [0, 0.1) is 5.92 Å². The third kappa shape index (κ3) is 5.40. The highest BCUT2D eigenvalue weighted by Crippen LogP contribution is 2.35. The van der Waals surface area contributed by atoms with Crippen LogP contribution in [0.2, 0.25) is 0 Å². The Bertz CT molecular complexity index is 1370. The van der Waals surface area contributed by atoms with Gasteiger partial charge in [-0.2, -0.15) is 13.2 Å². The Balaban J connectivity index is 1.21. The van der Waals surface area contributed by atoms with Gasteiger partial charge < -0.3 is 15.2 Å². The van der Waals surface area contributed by atoms with E-state index in [0.29, 0.717) is 41.0 Å². The quantitative estimate of drug-likeness (QED) is 0.302. The largest absolute Gasteiger partial charge is 0.481 e. The first kappa shape index (κ1) is 24.0. The van der Waals surface area contributed by atoms with Crippen LogP contribution < -0.4 is 10.1 Å². The van der Waals surface area contributed by atoms with Crippen LogP contribution in [0.3, 0.4) is 0 Å². The van der Waals surface area contributed by atoms with Crippen LogP contribution in [-0.2, 0) is 11.0 Å². The molecule has 2 N–H and O–H groups in total. The number of anilines is 2. The van der Waals surface area contributed by atoms with Crippen molar-refractivity contribution in [2.24, 2.45) is 5.92 Å². The molecule has 0 bridgehead atoms. The molecule has 1 saturated carbocycles. The molecule has 0 unspecified atom stereocenters. The molecule has 11 heteroatoms. The average molecular weight is 515 g/mol. The second-order valence-corrected chi connectivity index (χ2v) is 9.62. The van der Waals surface area contributed by atoms with Gasteiger partial charge in [0, 0.05) is 23.6 Å². The molecule has 4 aromatic rings. The van der Waals surface area contributed by atoms with Crippen molar-refractivity contribution in [3.05, 3.63) is 60.4 Å². The Morgan fingerprint density at radius 3 is 2.33 bits per heavy atom. The number of aliphatic carboxylic acids is 1. The van der Waals surface area contributed by atoms with Crippen LogP contribution in [0.5, 0.6) is 6.01 Å². The SMILES string of the molecule is O=C(O)[C@H]1CC[C@@H](Oc2ncc(-c3ccc(Nc4nc5ccc(C(F)(F)F)cc5s4)cc3)cn2)CC1. The van der Waals surface area contributed by atoms with Gasteiger partial charge in [-0.05, 0) is 61.6 Å². The van der Waals surface area contributed by atoms with Gasteiger partial charge in [0.1, 0.15) is 6.10 Å². The van der Waals surface area contributed by atoms with E-state index in [1.165, 1.54) is 6.07 Å². The van der Waals surface area contributed by atoms with Crippen molar-refractivity contribution in [2.45, 2.75) is 38.0 Å². The van der Waals surface area contributed by atoms with Gasteiger partial charge in [0.15, 0.2) is 5.13 Å². The van der Waals surface area contributed by atoms with Gasteiger partial charge in [-0.1, -0.05) is 23.5 Å². The summed E-state index contributed by atoms with van der Waals surface area (Å²) in [5.41, 5.74) is 2.23. The number of nitrogens with zero attached hydrogens (tertiary/aromatic N) is 3. The van der Waals surface area contributed by atoms with Crippen molar-refractivity contribution in [3.63, 3.8) is 0 Å². The van der Waals surface area contributed by atoms with Crippen LogP contribution in [0.25, 0.3) is 21.3 Å². The molecule has 2 heterocycles. The van der Waals surface area contributed by atoms with E-state index < -0.39 is 17.7 Å². The fraction of sp³-hybridized carbons (Fsp3) is 0.280. The van der Waals surface area contributed by atoms with E-state index in [9.17, 15) is 18.0 Å². The zero-order chi connectivity index (χ0) is 25.3. The van der Waals surface area contributed by atoms with Crippen LogP contribution in [0.1, 0.15) is 31.2 Å². The summed E-state index contributed by atoms with van der Waals surface area (Å²) >= 11 is 1.15. The number of alkyl halides is 3. The number of hydrogen-bond acceptors (Lipinski definition) is 7. The predicted octanol–water partition coefficient (Wildman–Crippen LogP) is 6.54. The van der Waals surface area contributed by atoms with Crippen molar-refractivity contribution < 1.29 is 27.8 Å². The first-order valence-corrected chi connectivity index (χ1v) is 12.1. The lowest BCUT2D eigenvalue weighted by Gasteiger charge is -2.25. The zero-order valence-electron chi connectivity index (χ0n) is 18.8. The molecule has 0 aliphatic heterocycles. The van der Waals surface area contributed by atoms with Crippen molar-refractivity contribution in [2.75, 3.05) is 5.32 Å². The number of carboxylic acid groups (broad SMARTS) is 1. The van der Waals surface area contributed by atoms with E-state index in [1.807, 2.05) is 24.3 Å². The van der Waals surface area contributed by atoms with Gasteiger partial charge in [0.25, 0.3) is 0 Å². The minimum absolute atomic E-state index is 0.0839. The Morgan fingerprint density at radius 1 is 1.00 bits per heavy atom. The number of nitrogens with one attached hydrogen (secondary N) is 1. The highest BCUT2D eigenvalue weighted by Gasteiger charge is 2.31. The van der Waals surface area contributed by atoms with Crippen molar-refractivity contribution >= 4 is 38.3 Å². The second kappa shape index (κ2) is 9.73. The molecule has 0 atom stereocenters. The molecule has 1 aliphatic carbocycles. The Morgan fingerprint density at radius 2 is 1.69 bits per heavy atom. The maximum Gasteiger partial charge on any atom is 0.416 e. The number of carbonyl (C=O) groups is 1. The third-order valence-corrected chi connectivity index (χ3v) is 7.04. The topological polar surface area (TPSA) is 97.2 Å². The highest BCUT2D eigenvalue weighted by molar-refractivity contribution is 7.22. The number of rotatable bonds is 6. The average Bonchev–Trinajstić information content (AvgIpc) is 3.26. The first-order valence-electron chi connectivity index (χ1n) is 11.3. The minimum Gasteiger partial charge on any atom is -0.481 e. The number of ether oxygens (including phenoxy) is 1. The summed E-state index contributed by atoms with van der Waals surface area (Å²) < 4.78 is 45.1. The van der Waals surface area contributed by atoms with E-state index in [-0.39, 0.29) is 18.0 Å². The lowest BCUT2D eigenvalue weighted by Crippen LogP contribution is -2.28. The molecule has 5 rings (SSSR count). The lowest BCUT2D eigenvalue weighted by molar-refractivity contribution is -0.143. The van der Waals surface area contributed by atoms with Gasteiger partial charge in [-0.25, -0.2) is 15.0 Å². The minimum atomic E-state index is -4.39. The van der Waals surface area contributed by atoms with Crippen LogP contribution >= 0.6 is 11.3 Å². The summed E-state index contributed by atoms with van der Waals surface area (Å²) in [6.45, 7) is 0. The first-order chi connectivity index (χ1) is 17.2. The van der Waals surface area contributed by atoms with Crippen LogP contribution in [-0.4, -0.2) is 32.1 Å². The summed E-state index contributed by atoms with van der Waals surface area (Å²) in [6, 6.07) is 11.2.